The third-order valence-corrected chi connectivity index (χ3v) is 3.79. The second-order valence-electron chi connectivity index (χ2n) is 4.45. The molecule has 0 aliphatic carbocycles. The third-order valence-electron chi connectivity index (χ3n) is 2.63. The van der Waals surface area contributed by atoms with Crippen LogP contribution < -0.4 is 10.6 Å². The molecule has 0 heterocycles. The molecule has 0 saturated heterocycles. The van der Waals surface area contributed by atoms with E-state index in [2.05, 4.69) is 10.6 Å². The maximum absolute atomic E-state index is 13.6. The van der Waals surface area contributed by atoms with E-state index in [1.807, 2.05) is 6.92 Å². The van der Waals surface area contributed by atoms with Crippen molar-refractivity contribution in [1.29, 1.82) is 0 Å². The predicted octanol–water partition coefficient (Wildman–Crippen LogP) is 1.56. The third kappa shape index (κ3) is 4.80. The number of nitrogens with one attached hydrogen (secondary N) is 2. The van der Waals surface area contributed by atoms with Crippen molar-refractivity contribution >= 4 is 21.4 Å². The Kier molecular flexibility index (Phi) is 5.94. The Bertz CT molecular complexity index is 573. The molecule has 0 atom stereocenters. The van der Waals surface area contributed by atoms with Crippen molar-refractivity contribution in [1.82, 2.24) is 5.32 Å². The van der Waals surface area contributed by atoms with Gasteiger partial charge in [-0.3, -0.25) is 4.79 Å². The normalized spacial score (nSPS) is 11.2. The number of carbonyl (C=O) groups is 1. The number of anilines is 1. The summed E-state index contributed by atoms with van der Waals surface area (Å²) in [4.78, 5) is 11.1. The molecule has 7 heteroatoms. The van der Waals surface area contributed by atoms with E-state index >= 15 is 0 Å². The van der Waals surface area contributed by atoms with Gasteiger partial charge in [0.25, 0.3) is 0 Å². The van der Waals surface area contributed by atoms with Gasteiger partial charge < -0.3 is 10.6 Å². The number of hydrogen-bond donors (Lipinski definition) is 2. The van der Waals surface area contributed by atoms with Crippen LogP contribution in [0.25, 0.3) is 0 Å². The van der Waals surface area contributed by atoms with Crippen LogP contribution in [0.5, 0.6) is 0 Å². The zero-order chi connectivity index (χ0) is 15.2. The summed E-state index contributed by atoms with van der Waals surface area (Å²) in [5.74, 6) is -1.09. The van der Waals surface area contributed by atoms with Crippen molar-refractivity contribution in [3.05, 3.63) is 24.0 Å². The van der Waals surface area contributed by atoms with Crippen molar-refractivity contribution < 1.29 is 17.6 Å². The quantitative estimate of drug-likeness (QED) is 0.750. The van der Waals surface area contributed by atoms with Crippen LogP contribution in [-0.4, -0.2) is 33.7 Å². The molecule has 1 aromatic carbocycles. The van der Waals surface area contributed by atoms with Crippen molar-refractivity contribution in [3.63, 3.8) is 0 Å². The van der Waals surface area contributed by atoms with E-state index in [0.717, 1.165) is 25.2 Å². The highest BCUT2D eigenvalue weighted by Gasteiger charge is 2.18. The summed E-state index contributed by atoms with van der Waals surface area (Å²) in [6.45, 7) is 2.48. The summed E-state index contributed by atoms with van der Waals surface area (Å²) in [6, 6.07) is 3.89. The Morgan fingerprint density at radius 3 is 2.65 bits per heavy atom. The van der Waals surface area contributed by atoms with Gasteiger partial charge in [-0.15, -0.1) is 0 Å². The second kappa shape index (κ2) is 7.23. The molecule has 0 radical (unpaired) electrons. The van der Waals surface area contributed by atoms with Crippen LogP contribution in [0.15, 0.2) is 23.1 Å². The lowest BCUT2D eigenvalue weighted by Crippen LogP contribution is -2.30. The first-order valence-electron chi connectivity index (χ1n) is 6.35. The summed E-state index contributed by atoms with van der Waals surface area (Å²) in [5, 5.41) is 5.34. The van der Waals surface area contributed by atoms with Crippen molar-refractivity contribution in [2.24, 2.45) is 0 Å². The molecule has 0 aliphatic rings. The number of rotatable bonds is 7. The van der Waals surface area contributed by atoms with Crippen LogP contribution >= 0.6 is 0 Å². The van der Waals surface area contributed by atoms with E-state index in [0.29, 0.717) is 6.54 Å². The molecule has 1 rings (SSSR count). The van der Waals surface area contributed by atoms with Crippen LogP contribution in [-0.2, 0) is 14.6 Å². The Labute approximate surface area is 118 Å². The lowest BCUT2D eigenvalue weighted by atomic mass is 10.3. The Balaban J connectivity index is 2.74. The number of unbranched alkanes of at least 4 members (excludes halogenated alkanes) is 1. The summed E-state index contributed by atoms with van der Waals surface area (Å²) in [7, 11) is -3.70. The lowest BCUT2D eigenvalue weighted by Gasteiger charge is -2.11. The number of sulfone groups is 1. The van der Waals surface area contributed by atoms with Crippen LogP contribution in [0, 0.1) is 5.82 Å². The first kappa shape index (κ1) is 16.4. The fourth-order valence-corrected chi connectivity index (χ4v) is 2.63. The van der Waals surface area contributed by atoms with E-state index in [4.69, 9.17) is 0 Å². The first-order chi connectivity index (χ1) is 9.36. The minimum atomic E-state index is -3.70. The largest absolute Gasteiger partial charge is 0.375 e. The number of amides is 1. The highest BCUT2D eigenvalue weighted by Crippen LogP contribution is 2.23. The van der Waals surface area contributed by atoms with Crippen molar-refractivity contribution in [2.75, 3.05) is 24.7 Å². The number of hydrogen-bond acceptors (Lipinski definition) is 4. The Morgan fingerprint density at radius 1 is 1.35 bits per heavy atom. The zero-order valence-corrected chi connectivity index (χ0v) is 12.4. The number of halogens is 1. The summed E-state index contributed by atoms with van der Waals surface area (Å²) >= 11 is 0. The predicted molar refractivity (Wildman–Crippen MR) is 75.9 cm³/mol. The van der Waals surface area contributed by atoms with Gasteiger partial charge in [0.2, 0.25) is 5.91 Å². The highest BCUT2D eigenvalue weighted by molar-refractivity contribution is 7.90. The second-order valence-corrected chi connectivity index (χ2v) is 6.40. The summed E-state index contributed by atoms with van der Waals surface area (Å²) in [5.41, 5.74) is 0.0955. The standard InChI is InChI=1S/C13H19FN2O3S/c1-3-4-8-15-12(17)9-16-11-7-5-6-10(14)13(11)20(2,18)19/h5-7,16H,3-4,8-9H2,1-2H3,(H,15,17). The molecule has 0 aromatic heterocycles. The zero-order valence-electron chi connectivity index (χ0n) is 11.6. The SMILES string of the molecule is CCCCNC(=O)CNc1cccc(F)c1S(C)(=O)=O. The minimum absolute atomic E-state index is 0.0955. The molecule has 5 nitrogen and oxygen atoms in total. The van der Waals surface area contributed by atoms with E-state index in [1.165, 1.54) is 12.1 Å². The number of benzene rings is 1. The maximum Gasteiger partial charge on any atom is 0.239 e. The first-order valence-corrected chi connectivity index (χ1v) is 8.24. The topological polar surface area (TPSA) is 75.3 Å². The molecular formula is C13H19FN2O3S. The van der Waals surface area contributed by atoms with Crippen molar-refractivity contribution in [2.45, 2.75) is 24.7 Å². The van der Waals surface area contributed by atoms with Gasteiger partial charge in [-0.25, -0.2) is 12.8 Å². The van der Waals surface area contributed by atoms with E-state index in [9.17, 15) is 17.6 Å². The molecule has 20 heavy (non-hydrogen) atoms. The number of carbonyl (C=O) groups excluding carboxylic acids is 1. The van der Waals surface area contributed by atoms with Gasteiger partial charge >= 0.3 is 0 Å². The average Bonchev–Trinajstić information content (AvgIpc) is 2.35. The highest BCUT2D eigenvalue weighted by atomic mass is 32.2. The molecule has 1 amide bonds. The van der Waals surface area contributed by atoms with Gasteiger partial charge in [0, 0.05) is 12.8 Å². The van der Waals surface area contributed by atoms with Gasteiger partial charge in [-0.1, -0.05) is 19.4 Å². The Morgan fingerprint density at radius 2 is 2.05 bits per heavy atom. The van der Waals surface area contributed by atoms with Gasteiger partial charge in [-0.2, -0.15) is 0 Å². The maximum atomic E-state index is 13.6. The smallest absolute Gasteiger partial charge is 0.239 e. The molecule has 0 unspecified atom stereocenters. The van der Waals surface area contributed by atoms with E-state index < -0.39 is 20.5 Å². The molecule has 0 bridgehead atoms. The minimum Gasteiger partial charge on any atom is -0.375 e. The van der Waals surface area contributed by atoms with Crippen LogP contribution in [0.1, 0.15) is 19.8 Å². The van der Waals surface area contributed by atoms with E-state index in [1.54, 1.807) is 0 Å². The monoisotopic (exact) mass is 302 g/mol. The van der Waals surface area contributed by atoms with Gasteiger partial charge in [-0.05, 0) is 18.6 Å². The molecule has 112 valence electrons. The Hall–Kier alpha value is -1.63. The van der Waals surface area contributed by atoms with Crippen LogP contribution in [0.2, 0.25) is 0 Å². The summed E-state index contributed by atoms with van der Waals surface area (Å²) in [6.07, 6.45) is 2.77. The van der Waals surface area contributed by atoms with E-state index in [-0.39, 0.29) is 18.1 Å². The lowest BCUT2D eigenvalue weighted by molar-refractivity contribution is -0.119. The molecule has 0 saturated carbocycles. The summed E-state index contributed by atoms with van der Waals surface area (Å²) < 4.78 is 36.7. The van der Waals surface area contributed by atoms with Crippen LogP contribution in [0.4, 0.5) is 10.1 Å². The van der Waals surface area contributed by atoms with Crippen LogP contribution in [0.3, 0.4) is 0 Å². The molecule has 0 fully saturated rings. The molecular weight excluding hydrogens is 283 g/mol. The van der Waals surface area contributed by atoms with Gasteiger partial charge in [0.05, 0.1) is 12.2 Å². The molecule has 0 spiro atoms. The van der Waals surface area contributed by atoms with Gasteiger partial charge in [0.15, 0.2) is 9.84 Å². The average molecular weight is 302 g/mol. The van der Waals surface area contributed by atoms with Crippen molar-refractivity contribution in [3.8, 4) is 0 Å². The van der Waals surface area contributed by atoms with Gasteiger partial charge in [0.1, 0.15) is 10.7 Å². The molecule has 2 N–H and O–H groups in total. The molecule has 1 aromatic rings. The fourth-order valence-electron chi connectivity index (χ4n) is 1.67. The fraction of sp³-hybridized carbons (Fsp3) is 0.462. The molecule has 0 aliphatic heterocycles.